The molecule has 0 spiro atoms. The van der Waals surface area contributed by atoms with Crippen LogP contribution in [0.5, 0.6) is 0 Å². The van der Waals surface area contributed by atoms with Crippen molar-refractivity contribution >= 4 is 28.2 Å². The van der Waals surface area contributed by atoms with E-state index in [1.54, 1.807) is 6.07 Å². The number of nitrogens with one attached hydrogen (secondary N) is 2. The number of fused-ring (bicyclic) bond motifs is 1. The minimum Gasteiger partial charge on any atom is -0.370 e. The minimum atomic E-state index is -0.239. The smallest absolute Gasteiger partial charge is 0.135 e. The molecular formula is C20H19FN6. The first-order valence-corrected chi connectivity index (χ1v) is 8.74. The predicted octanol–water partition coefficient (Wildman–Crippen LogP) is 4.19. The summed E-state index contributed by atoms with van der Waals surface area (Å²) >= 11 is 0. The largest absolute Gasteiger partial charge is 0.370 e. The van der Waals surface area contributed by atoms with E-state index in [0.29, 0.717) is 12.4 Å². The third-order valence-electron chi connectivity index (χ3n) is 4.16. The molecule has 2 aromatic heterocycles. The van der Waals surface area contributed by atoms with Gasteiger partial charge >= 0.3 is 0 Å². The van der Waals surface area contributed by atoms with Gasteiger partial charge in [0.2, 0.25) is 0 Å². The van der Waals surface area contributed by atoms with Gasteiger partial charge in [-0.2, -0.15) is 5.10 Å². The van der Waals surface area contributed by atoms with E-state index in [-0.39, 0.29) is 5.82 Å². The molecule has 2 N–H and O–H groups in total. The van der Waals surface area contributed by atoms with Gasteiger partial charge in [0.15, 0.2) is 0 Å². The molecule has 0 aliphatic rings. The molecule has 2 heterocycles. The number of hydrogen-bond donors (Lipinski definition) is 2. The van der Waals surface area contributed by atoms with Gasteiger partial charge in [-0.05, 0) is 42.8 Å². The van der Waals surface area contributed by atoms with E-state index in [9.17, 15) is 4.39 Å². The van der Waals surface area contributed by atoms with Crippen molar-refractivity contribution in [3.63, 3.8) is 0 Å². The minimum absolute atomic E-state index is 0.239. The third kappa shape index (κ3) is 3.87. The average Bonchev–Trinajstić information content (AvgIpc) is 3.04. The lowest BCUT2D eigenvalue weighted by Crippen LogP contribution is -2.02. The Morgan fingerprint density at radius 3 is 2.78 bits per heavy atom. The molecule has 0 aliphatic heterocycles. The van der Waals surface area contributed by atoms with Crippen LogP contribution in [-0.4, -0.2) is 26.3 Å². The molecule has 7 heteroatoms. The van der Waals surface area contributed by atoms with E-state index < -0.39 is 0 Å². The first-order chi connectivity index (χ1) is 13.2. The Balaban J connectivity index is 1.56. The van der Waals surface area contributed by atoms with Crippen molar-refractivity contribution in [1.29, 1.82) is 0 Å². The monoisotopic (exact) mass is 362 g/mol. The molecule has 4 aromatic rings. The van der Waals surface area contributed by atoms with Crippen LogP contribution in [-0.2, 0) is 6.54 Å². The number of hydrogen-bond acceptors (Lipinski definition) is 5. The Kier molecular flexibility index (Phi) is 4.65. The van der Waals surface area contributed by atoms with Gasteiger partial charge in [-0.25, -0.2) is 14.4 Å². The second kappa shape index (κ2) is 7.41. The number of benzene rings is 2. The SMILES string of the molecule is CCNc1cc(Nc2ccc3c(cnn3Cc3cccc(F)c3)c2)ncn1. The Morgan fingerprint density at radius 2 is 1.93 bits per heavy atom. The fourth-order valence-electron chi connectivity index (χ4n) is 2.95. The highest BCUT2D eigenvalue weighted by molar-refractivity contribution is 5.83. The second-order valence-electron chi connectivity index (χ2n) is 6.15. The summed E-state index contributed by atoms with van der Waals surface area (Å²) in [5.41, 5.74) is 2.77. The highest BCUT2D eigenvalue weighted by Crippen LogP contribution is 2.23. The summed E-state index contributed by atoms with van der Waals surface area (Å²) in [6, 6.07) is 14.4. The summed E-state index contributed by atoms with van der Waals surface area (Å²) in [5.74, 6) is 1.25. The maximum atomic E-state index is 13.4. The Labute approximate surface area is 156 Å². The lowest BCUT2D eigenvalue weighted by molar-refractivity contribution is 0.621. The van der Waals surface area contributed by atoms with E-state index in [2.05, 4.69) is 25.7 Å². The fraction of sp³-hybridized carbons (Fsp3) is 0.150. The Bertz CT molecular complexity index is 1070. The summed E-state index contributed by atoms with van der Waals surface area (Å²) in [6.45, 7) is 3.34. The molecule has 136 valence electrons. The number of anilines is 3. The van der Waals surface area contributed by atoms with Gasteiger partial charge in [-0.3, -0.25) is 4.68 Å². The van der Waals surface area contributed by atoms with Crippen molar-refractivity contribution in [1.82, 2.24) is 19.7 Å². The lowest BCUT2D eigenvalue weighted by atomic mass is 10.2. The number of halogens is 1. The topological polar surface area (TPSA) is 67.7 Å². The van der Waals surface area contributed by atoms with Crippen molar-refractivity contribution < 1.29 is 4.39 Å². The lowest BCUT2D eigenvalue weighted by Gasteiger charge is -2.08. The molecule has 27 heavy (non-hydrogen) atoms. The van der Waals surface area contributed by atoms with Gasteiger partial charge in [-0.15, -0.1) is 0 Å². The van der Waals surface area contributed by atoms with Crippen LogP contribution >= 0.6 is 0 Å². The highest BCUT2D eigenvalue weighted by Gasteiger charge is 2.06. The van der Waals surface area contributed by atoms with Crippen LogP contribution in [0.2, 0.25) is 0 Å². The van der Waals surface area contributed by atoms with Crippen LogP contribution in [0.4, 0.5) is 21.7 Å². The Morgan fingerprint density at radius 1 is 1.04 bits per heavy atom. The first kappa shape index (κ1) is 17.0. The molecule has 0 saturated heterocycles. The number of nitrogens with zero attached hydrogens (tertiary/aromatic N) is 4. The standard InChI is InChI=1S/C20H19FN6/c1-2-22-19-10-20(24-13-23-19)26-17-6-7-18-15(9-17)11-25-27(18)12-14-4-3-5-16(21)8-14/h3-11,13H,2,12H2,1H3,(H2,22,23,24,26). The zero-order valence-electron chi connectivity index (χ0n) is 14.9. The molecular weight excluding hydrogens is 343 g/mol. The van der Waals surface area contributed by atoms with Gasteiger partial charge in [0, 0.05) is 23.7 Å². The van der Waals surface area contributed by atoms with Gasteiger partial charge in [0.1, 0.15) is 23.8 Å². The number of aromatic nitrogens is 4. The van der Waals surface area contributed by atoms with Crippen LogP contribution in [0.15, 0.2) is 61.1 Å². The molecule has 0 amide bonds. The summed E-state index contributed by atoms with van der Waals surface area (Å²) in [6.07, 6.45) is 3.33. The molecule has 6 nitrogen and oxygen atoms in total. The van der Waals surface area contributed by atoms with Crippen LogP contribution in [0.3, 0.4) is 0 Å². The maximum Gasteiger partial charge on any atom is 0.135 e. The van der Waals surface area contributed by atoms with Crippen LogP contribution in [0.1, 0.15) is 12.5 Å². The molecule has 0 aliphatic carbocycles. The molecule has 0 bridgehead atoms. The third-order valence-corrected chi connectivity index (χ3v) is 4.16. The predicted molar refractivity (Wildman–Crippen MR) is 105 cm³/mol. The molecule has 0 fully saturated rings. The maximum absolute atomic E-state index is 13.4. The van der Waals surface area contributed by atoms with Gasteiger partial charge in [0.25, 0.3) is 0 Å². The van der Waals surface area contributed by atoms with Crippen molar-refractivity contribution in [3.05, 3.63) is 72.4 Å². The van der Waals surface area contributed by atoms with E-state index in [4.69, 9.17) is 0 Å². The van der Waals surface area contributed by atoms with E-state index >= 15 is 0 Å². The quantitative estimate of drug-likeness (QED) is 0.538. The first-order valence-electron chi connectivity index (χ1n) is 8.74. The summed E-state index contributed by atoms with van der Waals surface area (Å²) < 4.78 is 15.3. The van der Waals surface area contributed by atoms with Crippen LogP contribution in [0.25, 0.3) is 10.9 Å². The van der Waals surface area contributed by atoms with E-state index in [1.165, 1.54) is 18.5 Å². The van der Waals surface area contributed by atoms with Crippen molar-refractivity contribution in [2.24, 2.45) is 0 Å². The summed E-state index contributed by atoms with van der Waals surface area (Å²) in [4.78, 5) is 8.42. The molecule has 0 radical (unpaired) electrons. The van der Waals surface area contributed by atoms with Crippen molar-refractivity contribution in [2.45, 2.75) is 13.5 Å². The fourth-order valence-corrected chi connectivity index (χ4v) is 2.95. The molecule has 0 atom stereocenters. The van der Waals surface area contributed by atoms with Gasteiger partial charge in [0.05, 0.1) is 18.3 Å². The number of rotatable bonds is 6. The molecule has 0 saturated carbocycles. The zero-order valence-corrected chi connectivity index (χ0v) is 14.9. The summed E-state index contributed by atoms with van der Waals surface area (Å²) in [5, 5.41) is 11.9. The van der Waals surface area contributed by atoms with E-state index in [0.717, 1.165) is 34.5 Å². The van der Waals surface area contributed by atoms with Gasteiger partial charge < -0.3 is 10.6 Å². The van der Waals surface area contributed by atoms with Crippen LogP contribution < -0.4 is 10.6 Å². The molecule has 0 unspecified atom stereocenters. The zero-order chi connectivity index (χ0) is 18.6. The molecule has 2 aromatic carbocycles. The van der Waals surface area contributed by atoms with Gasteiger partial charge in [-0.1, -0.05) is 12.1 Å². The summed E-state index contributed by atoms with van der Waals surface area (Å²) in [7, 11) is 0. The average molecular weight is 362 g/mol. The van der Waals surface area contributed by atoms with Crippen molar-refractivity contribution in [2.75, 3.05) is 17.2 Å². The second-order valence-corrected chi connectivity index (χ2v) is 6.15. The van der Waals surface area contributed by atoms with Crippen molar-refractivity contribution in [3.8, 4) is 0 Å². The highest BCUT2D eigenvalue weighted by atomic mass is 19.1. The van der Waals surface area contributed by atoms with Crippen LogP contribution in [0, 0.1) is 5.82 Å². The normalized spacial score (nSPS) is 10.9. The Hall–Kier alpha value is -3.48. The molecule has 4 rings (SSSR count). The van der Waals surface area contributed by atoms with E-state index in [1.807, 2.05) is 48.1 Å².